The molecule has 5 heteroatoms. The molecule has 0 saturated carbocycles. The van der Waals surface area contributed by atoms with Gasteiger partial charge in [-0.25, -0.2) is 0 Å². The fraction of sp³-hybridized carbons (Fsp3) is 0.650. The Kier molecular flexibility index (Phi) is 5.97. The van der Waals surface area contributed by atoms with Gasteiger partial charge >= 0.3 is 0 Å². The predicted octanol–water partition coefficient (Wildman–Crippen LogP) is 2.76. The van der Waals surface area contributed by atoms with Gasteiger partial charge in [-0.1, -0.05) is 19.9 Å². The van der Waals surface area contributed by atoms with Crippen LogP contribution in [0.3, 0.4) is 0 Å². The van der Waals surface area contributed by atoms with Gasteiger partial charge in [0.05, 0.1) is 20.3 Å². The van der Waals surface area contributed by atoms with E-state index in [9.17, 15) is 4.79 Å². The van der Waals surface area contributed by atoms with Gasteiger partial charge in [0.2, 0.25) is 0 Å². The number of piperidine rings is 1. The van der Waals surface area contributed by atoms with Gasteiger partial charge in [0.25, 0.3) is 5.91 Å². The summed E-state index contributed by atoms with van der Waals surface area (Å²) in [5.41, 5.74) is 1.87. The SMILES string of the molecule is COc1cc(C(=O)N2CCC(N3CCOCC3)CC2)ccc1C(C)C. The lowest BCUT2D eigenvalue weighted by Crippen LogP contribution is -2.50. The summed E-state index contributed by atoms with van der Waals surface area (Å²) >= 11 is 0. The van der Waals surface area contributed by atoms with Crippen LogP contribution in [0.1, 0.15) is 48.5 Å². The number of morpholine rings is 1. The lowest BCUT2D eigenvalue weighted by atomic mass is 9.98. The molecule has 5 nitrogen and oxygen atoms in total. The van der Waals surface area contributed by atoms with Crippen molar-refractivity contribution in [1.29, 1.82) is 0 Å². The van der Waals surface area contributed by atoms with E-state index < -0.39 is 0 Å². The van der Waals surface area contributed by atoms with Crippen LogP contribution in [0.25, 0.3) is 0 Å². The molecule has 2 heterocycles. The van der Waals surface area contributed by atoms with Gasteiger partial charge in [-0.3, -0.25) is 9.69 Å². The molecule has 1 aromatic carbocycles. The molecule has 2 aliphatic heterocycles. The number of hydrogen-bond acceptors (Lipinski definition) is 4. The Labute approximate surface area is 150 Å². The maximum atomic E-state index is 12.9. The average Bonchev–Trinajstić information content (AvgIpc) is 2.67. The standard InChI is InChI=1S/C20H30N2O3/c1-15(2)18-5-4-16(14-19(18)24-3)20(23)22-8-6-17(7-9-22)21-10-12-25-13-11-21/h4-5,14-15,17H,6-13H2,1-3H3. The monoisotopic (exact) mass is 346 g/mol. The van der Waals surface area contributed by atoms with E-state index in [1.54, 1.807) is 7.11 Å². The summed E-state index contributed by atoms with van der Waals surface area (Å²) < 4.78 is 10.9. The van der Waals surface area contributed by atoms with E-state index in [4.69, 9.17) is 9.47 Å². The van der Waals surface area contributed by atoms with Gasteiger partial charge in [-0.05, 0) is 36.5 Å². The van der Waals surface area contributed by atoms with E-state index >= 15 is 0 Å². The van der Waals surface area contributed by atoms with Gasteiger partial charge in [-0.15, -0.1) is 0 Å². The first-order chi connectivity index (χ1) is 12.1. The third-order valence-electron chi connectivity index (χ3n) is 5.42. The molecule has 1 amide bonds. The number of methoxy groups -OCH3 is 1. The number of amides is 1. The van der Waals surface area contributed by atoms with Crippen LogP contribution >= 0.6 is 0 Å². The van der Waals surface area contributed by atoms with Crippen LogP contribution in [0.4, 0.5) is 0 Å². The fourth-order valence-electron chi connectivity index (χ4n) is 3.88. The lowest BCUT2D eigenvalue weighted by Gasteiger charge is -2.40. The zero-order valence-corrected chi connectivity index (χ0v) is 15.7. The first-order valence-electron chi connectivity index (χ1n) is 9.39. The van der Waals surface area contributed by atoms with Crippen molar-refractivity contribution in [3.8, 4) is 5.75 Å². The Morgan fingerprint density at radius 3 is 2.44 bits per heavy atom. The number of likely N-dealkylation sites (tertiary alicyclic amines) is 1. The van der Waals surface area contributed by atoms with E-state index in [0.29, 0.717) is 12.0 Å². The molecular formula is C20H30N2O3. The Morgan fingerprint density at radius 2 is 1.84 bits per heavy atom. The Bertz CT molecular complexity index is 589. The number of benzene rings is 1. The second kappa shape index (κ2) is 8.19. The highest BCUT2D eigenvalue weighted by atomic mass is 16.5. The third kappa shape index (κ3) is 4.15. The Balaban J connectivity index is 1.62. The number of hydrogen-bond donors (Lipinski definition) is 0. The highest BCUT2D eigenvalue weighted by molar-refractivity contribution is 5.94. The van der Waals surface area contributed by atoms with E-state index in [-0.39, 0.29) is 5.91 Å². The lowest BCUT2D eigenvalue weighted by molar-refractivity contribution is 0.00158. The molecule has 2 aliphatic rings. The van der Waals surface area contributed by atoms with Gasteiger partial charge < -0.3 is 14.4 Å². The summed E-state index contributed by atoms with van der Waals surface area (Å²) in [6.07, 6.45) is 2.10. The van der Waals surface area contributed by atoms with Gasteiger partial charge in [-0.2, -0.15) is 0 Å². The molecule has 0 aliphatic carbocycles. The molecule has 25 heavy (non-hydrogen) atoms. The van der Waals surface area contributed by atoms with Crippen LogP contribution in [0, 0.1) is 0 Å². The molecule has 0 N–H and O–H groups in total. The Hall–Kier alpha value is -1.59. The van der Waals surface area contributed by atoms with Crippen molar-refractivity contribution in [2.24, 2.45) is 0 Å². The van der Waals surface area contributed by atoms with Crippen molar-refractivity contribution in [1.82, 2.24) is 9.80 Å². The molecule has 2 fully saturated rings. The van der Waals surface area contributed by atoms with E-state index in [1.807, 2.05) is 23.1 Å². The molecule has 1 aromatic rings. The minimum Gasteiger partial charge on any atom is -0.496 e. The van der Waals surface area contributed by atoms with Crippen LogP contribution in [0.15, 0.2) is 18.2 Å². The number of nitrogens with zero attached hydrogens (tertiary/aromatic N) is 2. The van der Waals surface area contributed by atoms with Gasteiger partial charge in [0, 0.05) is 37.8 Å². The summed E-state index contributed by atoms with van der Waals surface area (Å²) in [6.45, 7) is 9.64. The molecule has 0 aromatic heterocycles. The number of ether oxygens (including phenoxy) is 2. The van der Waals surface area contributed by atoms with Crippen LogP contribution in [0.5, 0.6) is 5.75 Å². The normalized spacial score (nSPS) is 20.1. The molecule has 0 bridgehead atoms. The summed E-state index contributed by atoms with van der Waals surface area (Å²) in [5, 5.41) is 0. The number of carbonyl (C=O) groups is 1. The maximum absolute atomic E-state index is 12.9. The average molecular weight is 346 g/mol. The maximum Gasteiger partial charge on any atom is 0.253 e. The van der Waals surface area contributed by atoms with Crippen LogP contribution in [-0.2, 0) is 4.74 Å². The van der Waals surface area contributed by atoms with E-state index in [0.717, 1.165) is 69.1 Å². The Morgan fingerprint density at radius 1 is 1.16 bits per heavy atom. The molecule has 0 radical (unpaired) electrons. The summed E-state index contributed by atoms with van der Waals surface area (Å²) in [4.78, 5) is 17.4. The molecule has 0 atom stereocenters. The second-order valence-corrected chi connectivity index (χ2v) is 7.28. The number of rotatable bonds is 4. The number of carbonyl (C=O) groups excluding carboxylic acids is 1. The molecule has 138 valence electrons. The van der Waals surface area contributed by atoms with Crippen molar-refractivity contribution < 1.29 is 14.3 Å². The quantitative estimate of drug-likeness (QED) is 0.841. The summed E-state index contributed by atoms with van der Waals surface area (Å²) in [7, 11) is 1.67. The smallest absolute Gasteiger partial charge is 0.253 e. The van der Waals surface area contributed by atoms with Crippen LogP contribution in [0.2, 0.25) is 0 Å². The fourth-order valence-corrected chi connectivity index (χ4v) is 3.88. The second-order valence-electron chi connectivity index (χ2n) is 7.28. The van der Waals surface area contributed by atoms with Crippen molar-refractivity contribution in [2.45, 2.75) is 38.6 Å². The van der Waals surface area contributed by atoms with E-state index in [1.165, 1.54) is 0 Å². The predicted molar refractivity (Wildman–Crippen MR) is 98.4 cm³/mol. The molecular weight excluding hydrogens is 316 g/mol. The van der Waals surface area contributed by atoms with Crippen molar-refractivity contribution in [3.63, 3.8) is 0 Å². The first kappa shape index (κ1) is 18.2. The largest absolute Gasteiger partial charge is 0.496 e. The summed E-state index contributed by atoms with van der Waals surface area (Å²) in [6, 6.07) is 6.45. The summed E-state index contributed by atoms with van der Waals surface area (Å²) in [5.74, 6) is 1.31. The zero-order chi connectivity index (χ0) is 17.8. The van der Waals surface area contributed by atoms with Crippen molar-refractivity contribution >= 4 is 5.91 Å². The highest BCUT2D eigenvalue weighted by Gasteiger charge is 2.28. The molecule has 0 unspecified atom stereocenters. The molecule has 3 rings (SSSR count). The highest BCUT2D eigenvalue weighted by Crippen LogP contribution is 2.28. The molecule has 0 spiro atoms. The van der Waals surface area contributed by atoms with Crippen molar-refractivity contribution in [3.05, 3.63) is 29.3 Å². The zero-order valence-electron chi connectivity index (χ0n) is 15.7. The van der Waals surface area contributed by atoms with Gasteiger partial charge in [0.15, 0.2) is 0 Å². The first-order valence-corrected chi connectivity index (χ1v) is 9.39. The molecule has 2 saturated heterocycles. The minimum atomic E-state index is 0.119. The third-order valence-corrected chi connectivity index (χ3v) is 5.42. The van der Waals surface area contributed by atoms with Crippen LogP contribution in [-0.4, -0.2) is 68.3 Å². The minimum absolute atomic E-state index is 0.119. The van der Waals surface area contributed by atoms with Gasteiger partial charge in [0.1, 0.15) is 5.75 Å². The topological polar surface area (TPSA) is 42.0 Å². The van der Waals surface area contributed by atoms with Crippen molar-refractivity contribution in [2.75, 3.05) is 46.5 Å². The van der Waals surface area contributed by atoms with Crippen LogP contribution < -0.4 is 4.74 Å². The van der Waals surface area contributed by atoms with E-state index in [2.05, 4.69) is 18.7 Å².